The second-order valence-corrected chi connectivity index (χ2v) is 3.37. The van der Waals surface area contributed by atoms with Gasteiger partial charge in [-0.05, 0) is 17.7 Å². The molecule has 0 saturated heterocycles. The third-order valence-corrected chi connectivity index (χ3v) is 2.11. The number of primary amides is 1. The van der Waals surface area contributed by atoms with Crippen molar-refractivity contribution in [2.24, 2.45) is 11.5 Å². The second-order valence-electron chi connectivity index (χ2n) is 3.37. The lowest BCUT2D eigenvalue weighted by Crippen LogP contribution is -2.27. The Morgan fingerprint density at radius 3 is 2.31 bits per heavy atom. The van der Waals surface area contributed by atoms with Crippen LogP contribution in [-0.2, 0) is 11.3 Å². The predicted octanol–water partition coefficient (Wildman–Crippen LogP) is -0.249. The number of carbonyl (C=O) groups is 2. The van der Waals surface area contributed by atoms with Crippen LogP contribution in [0.1, 0.15) is 22.3 Å². The largest absolute Gasteiger partial charge is 0.370 e. The summed E-state index contributed by atoms with van der Waals surface area (Å²) in [7, 11) is 0. The van der Waals surface area contributed by atoms with Crippen molar-refractivity contribution in [1.29, 1.82) is 0 Å². The summed E-state index contributed by atoms with van der Waals surface area (Å²) < 4.78 is 0. The quantitative estimate of drug-likeness (QED) is 0.639. The summed E-state index contributed by atoms with van der Waals surface area (Å²) in [6, 6.07) is 6.98. The van der Waals surface area contributed by atoms with Gasteiger partial charge in [-0.3, -0.25) is 9.59 Å². The van der Waals surface area contributed by atoms with Crippen LogP contribution in [0.5, 0.6) is 0 Å². The number of amides is 2. The summed E-state index contributed by atoms with van der Waals surface area (Å²) in [6.45, 7) is 0.705. The smallest absolute Gasteiger partial charge is 0.251 e. The van der Waals surface area contributed by atoms with Gasteiger partial charge < -0.3 is 16.8 Å². The molecule has 0 atom stereocenters. The van der Waals surface area contributed by atoms with Crippen LogP contribution in [0.2, 0.25) is 0 Å². The zero-order valence-corrected chi connectivity index (χ0v) is 8.90. The van der Waals surface area contributed by atoms with E-state index in [1.807, 2.05) is 0 Å². The normalized spacial score (nSPS) is 9.81. The van der Waals surface area contributed by atoms with E-state index in [0.29, 0.717) is 12.1 Å². The Morgan fingerprint density at radius 2 is 1.81 bits per heavy atom. The van der Waals surface area contributed by atoms with Crippen LogP contribution in [0.4, 0.5) is 0 Å². The minimum atomic E-state index is -0.432. The number of hydrogen-bond acceptors (Lipinski definition) is 3. The number of hydrogen-bond donors (Lipinski definition) is 3. The highest BCUT2D eigenvalue weighted by Crippen LogP contribution is 2.03. The number of nitrogens with two attached hydrogens (primary N) is 2. The summed E-state index contributed by atoms with van der Waals surface area (Å²) in [5.41, 5.74) is 11.9. The molecule has 16 heavy (non-hydrogen) atoms. The fraction of sp³-hybridized carbons (Fsp3) is 0.273. The molecule has 0 spiro atoms. The molecule has 1 rings (SSSR count). The van der Waals surface area contributed by atoms with Gasteiger partial charge in [0.15, 0.2) is 0 Å². The summed E-state index contributed by atoms with van der Waals surface area (Å²) in [5, 5.41) is 2.60. The Kier molecular flexibility index (Phi) is 4.47. The van der Waals surface area contributed by atoms with Crippen molar-refractivity contribution in [2.75, 3.05) is 6.54 Å². The van der Waals surface area contributed by atoms with E-state index in [0.717, 1.165) is 5.56 Å². The summed E-state index contributed by atoms with van der Waals surface area (Å²) in [4.78, 5) is 22.0. The van der Waals surface area contributed by atoms with Crippen LogP contribution in [0.3, 0.4) is 0 Å². The van der Waals surface area contributed by atoms with Crippen molar-refractivity contribution in [3.05, 3.63) is 35.4 Å². The zero-order chi connectivity index (χ0) is 12.0. The van der Waals surface area contributed by atoms with Crippen molar-refractivity contribution in [2.45, 2.75) is 13.0 Å². The third kappa shape index (κ3) is 3.70. The monoisotopic (exact) mass is 221 g/mol. The van der Waals surface area contributed by atoms with E-state index in [-0.39, 0.29) is 18.9 Å². The molecule has 0 aliphatic heterocycles. The summed E-state index contributed by atoms with van der Waals surface area (Å²) in [5.74, 6) is -0.649. The topological polar surface area (TPSA) is 98.2 Å². The highest BCUT2D eigenvalue weighted by Gasteiger charge is 2.04. The first kappa shape index (κ1) is 12.2. The molecule has 86 valence electrons. The summed E-state index contributed by atoms with van der Waals surface area (Å²) in [6.07, 6.45) is 0.145. The maximum Gasteiger partial charge on any atom is 0.251 e. The van der Waals surface area contributed by atoms with Crippen LogP contribution in [0.25, 0.3) is 0 Å². The van der Waals surface area contributed by atoms with Gasteiger partial charge in [0.1, 0.15) is 0 Å². The van der Waals surface area contributed by atoms with Gasteiger partial charge >= 0.3 is 0 Å². The van der Waals surface area contributed by atoms with E-state index < -0.39 is 5.91 Å². The van der Waals surface area contributed by atoms with Gasteiger partial charge in [-0.1, -0.05) is 12.1 Å². The van der Waals surface area contributed by atoms with Crippen molar-refractivity contribution in [1.82, 2.24) is 5.32 Å². The second kappa shape index (κ2) is 5.87. The molecule has 5 heteroatoms. The number of nitrogens with one attached hydrogen (secondary N) is 1. The van der Waals surface area contributed by atoms with Crippen molar-refractivity contribution >= 4 is 11.8 Å². The van der Waals surface area contributed by atoms with E-state index in [1.54, 1.807) is 24.3 Å². The molecule has 0 unspecified atom stereocenters. The molecule has 2 amide bonds. The van der Waals surface area contributed by atoms with E-state index in [1.165, 1.54) is 0 Å². The lowest BCUT2D eigenvalue weighted by atomic mass is 10.1. The summed E-state index contributed by atoms with van der Waals surface area (Å²) >= 11 is 0. The average Bonchev–Trinajstić information content (AvgIpc) is 2.28. The molecule has 5 N–H and O–H groups in total. The molecule has 1 aromatic carbocycles. The van der Waals surface area contributed by atoms with E-state index in [4.69, 9.17) is 11.5 Å². The van der Waals surface area contributed by atoms with Gasteiger partial charge in [-0.2, -0.15) is 0 Å². The molecule has 0 radical (unpaired) electrons. The van der Waals surface area contributed by atoms with E-state index in [2.05, 4.69) is 5.32 Å². The first-order valence-corrected chi connectivity index (χ1v) is 4.99. The van der Waals surface area contributed by atoms with Crippen molar-refractivity contribution in [3.63, 3.8) is 0 Å². The fourth-order valence-corrected chi connectivity index (χ4v) is 1.19. The molecule has 0 saturated carbocycles. The predicted molar refractivity (Wildman–Crippen MR) is 60.5 cm³/mol. The molecule has 0 fully saturated rings. The first-order valence-electron chi connectivity index (χ1n) is 4.99. The number of rotatable bonds is 5. The Morgan fingerprint density at radius 1 is 1.19 bits per heavy atom. The minimum absolute atomic E-state index is 0.145. The Balaban J connectivity index is 2.49. The molecule has 0 bridgehead atoms. The standard InChI is InChI=1S/C11H15N3O2/c12-7-8-1-3-9(4-2-8)11(16)14-6-5-10(13)15/h1-4H,5-7,12H2,(H2,13,15)(H,14,16). The number of benzene rings is 1. The first-order chi connectivity index (χ1) is 7.63. The van der Waals surface area contributed by atoms with Gasteiger partial charge in [0.2, 0.25) is 5.91 Å². The van der Waals surface area contributed by atoms with Crippen molar-refractivity contribution < 1.29 is 9.59 Å². The molecule has 0 heterocycles. The van der Waals surface area contributed by atoms with Gasteiger partial charge in [-0.25, -0.2) is 0 Å². The highest BCUT2D eigenvalue weighted by molar-refractivity contribution is 5.94. The van der Waals surface area contributed by atoms with Crippen LogP contribution in [-0.4, -0.2) is 18.4 Å². The Bertz CT molecular complexity index is 373. The van der Waals surface area contributed by atoms with E-state index in [9.17, 15) is 9.59 Å². The Hall–Kier alpha value is -1.88. The van der Waals surface area contributed by atoms with Crippen molar-refractivity contribution in [3.8, 4) is 0 Å². The molecule has 1 aromatic rings. The molecule has 5 nitrogen and oxygen atoms in total. The molecular formula is C11H15N3O2. The maximum atomic E-state index is 11.5. The number of carbonyl (C=O) groups excluding carboxylic acids is 2. The highest BCUT2D eigenvalue weighted by atomic mass is 16.2. The SMILES string of the molecule is NCc1ccc(C(=O)NCCC(N)=O)cc1. The van der Waals surface area contributed by atoms with Gasteiger partial charge in [-0.15, -0.1) is 0 Å². The molecule has 0 aliphatic carbocycles. The zero-order valence-electron chi connectivity index (χ0n) is 8.90. The van der Waals surface area contributed by atoms with Crippen LogP contribution in [0.15, 0.2) is 24.3 Å². The average molecular weight is 221 g/mol. The third-order valence-electron chi connectivity index (χ3n) is 2.11. The van der Waals surface area contributed by atoms with Gasteiger partial charge in [0, 0.05) is 25.1 Å². The molecule has 0 aliphatic rings. The molecular weight excluding hydrogens is 206 g/mol. The van der Waals surface area contributed by atoms with Gasteiger partial charge in [0.05, 0.1) is 0 Å². The van der Waals surface area contributed by atoms with Crippen LogP contribution in [0, 0.1) is 0 Å². The maximum absolute atomic E-state index is 11.5. The minimum Gasteiger partial charge on any atom is -0.370 e. The Labute approximate surface area is 93.8 Å². The van der Waals surface area contributed by atoms with E-state index >= 15 is 0 Å². The molecule has 0 aromatic heterocycles. The van der Waals surface area contributed by atoms with Crippen LogP contribution >= 0.6 is 0 Å². The fourth-order valence-electron chi connectivity index (χ4n) is 1.19. The van der Waals surface area contributed by atoms with Gasteiger partial charge in [0.25, 0.3) is 5.91 Å². The van der Waals surface area contributed by atoms with Crippen LogP contribution < -0.4 is 16.8 Å². The lowest BCUT2D eigenvalue weighted by molar-refractivity contribution is -0.117. The lowest BCUT2D eigenvalue weighted by Gasteiger charge is -2.04.